The number of carboxylic acids is 1. The maximum absolute atomic E-state index is 11.3. The van der Waals surface area contributed by atoms with Crippen molar-refractivity contribution in [2.75, 3.05) is 0 Å². The van der Waals surface area contributed by atoms with Crippen LogP contribution < -0.4 is 0 Å². The van der Waals surface area contributed by atoms with Gasteiger partial charge in [0.25, 0.3) is 0 Å². The fourth-order valence-corrected chi connectivity index (χ4v) is 2.14. The van der Waals surface area contributed by atoms with Crippen molar-refractivity contribution in [1.29, 1.82) is 0 Å². The molecule has 0 bridgehead atoms. The number of carbonyl (C=O) groups is 1. The van der Waals surface area contributed by atoms with Crippen molar-refractivity contribution < 1.29 is 9.90 Å². The molecule has 0 saturated carbocycles. The Balaban J connectivity index is 1.91. The number of aromatic carboxylic acids is 1. The van der Waals surface area contributed by atoms with Gasteiger partial charge >= 0.3 is 5.97 Å². The highest BCUT2D eigenvalue weighted by atomic mass is 16.4. The third kappa shape index (κ3) is 4.68. The largest absolute Gasteiger partial charge is 0.478 e. The van der Waals surface area contributed by atoms with Crippen LogP contribution >= 0.6 is 0 Å². The molecule has 0 atom stereocenters. The maximum atomic E-state index is 11.3. The van der Waals surface area contributed by atoms with Crippen molar-refractivity contribution in [3.63, 3.8) is 0 Å². The summed E-state index contributed by atoms with van der Waals surface area (Å²) in [6.07, 6.45) is 3.09. The highest BCUT2D eigenvalue weighted by Crippen LogP contribution is 2.12. The molecule has 1 N–H and O–H groups in total. The zero-order chi connectivity index (χ0) is 17.5. The molecular formula is C20H15N3O2. The number of aliphatic imine (C=N–C) groups is 2. The number of nitrogens with zero attached hydrogens (tertiary/aromatic N) is 3. The molecule has 0 saturated heterocycles. The van der Waals surface area contributed by atoms with Crippen LogP contribution in [0.2, 0.25) is 0 Å². The van der Waals surface area contributed by atoms with E-state index in [0.29, 0.717) is 11.4 Å². The lowest BCUT2D eigenvalue weighted by atomic mass is 10.2. The standard InChI is InChI=1S/C20H15N3O2/c24-20(25)15-11-18(13-21-16-7-3-1-4-8-16)23-19(12-15)14-22-17-9-5-2-6-10-17/h1-14H,(H,24,25). The second kappa shape index (κ2) is 7.79. The Bertz CT molecular complexity index is 852. The molecule has 0 radical (unpaired) electrons. The lowest BCUT2D eigenvalue weighted by Gasteiger charge is -2.01. The molecule has 5 heteroatoms. The summed E-state index contributed by atoms with van der Waals surface area (Å²) >= 11 is 0. The number of aromatic nitrogens is 1. The highest BCUT2D eigenvalue weighted by molar-refractivity contribution is 5.93. The molecule has 0 spiro atoms. The molecule has 0 aliphatic carbocycles. The van der Waals surface area contributed by atoms with Crippen molar-refractivity contribution in [3.05, 3.63) is 89.7 Å². The van der Waals surface area contributed by atoms with Crippen molar-refractivity contribution in [2.45, 2.75) is 0 Å². The molecule has 0 amide bonds. The molecule has 3 aromatic rings. The van der Waals surface area contributed by atoms with Crippen LogP contribution in [0.4, 0.5) is 11.4 Å². The number of pyridine rings is 1. The van der Waals surface area contributed by atoms with Crippen molar-refractivity contribution in [2.24, 2.45) is 9.98 Å². The normalized spacial score (nSPS) is 11.2. The van der Waals surface area contributed by atoms with Crippen LogP contribution in [0.1, 0.15) is 21.7 Å². The summed E-state index contributed by atoms with van der Waals surface area (Å²) in [4.78, 5) is 24.3. The number of rotatable bonds is 5. The summed E-state index contributed by atoms with van der Waals surface area (Å²) in [7, 11) is 0. The summed E-state index contributed by atoms with van der Waals surface area (Å²) in [6.45, 7) is 0. The fourth-order valence-electron chi connectivity index (χ4n) is 2.14. The molecule has 0 aliphatic heterocycles. The summed E-state index contributed by atoms with van der Waals surface area (Å²) in [5, 5.41) is 9.29. The number of hydrogen-bond donors (Lipinski definition) is 1. The van der Waals surface area contributed by atoms with Crippen LogP contribution in [0.25, 0.3) is 0 Å². The lowest BCUT2D eigenvalue weighted by Crippen LogP contribution is -2.03. The van der Waals surface area contributed by atoms with Crippen LogP contribution in [0, 0.1) is 0 Å². The Hall–Kier alpha value is -3.60. The highest BCUT2D eigenvalue weighted by Gasteiger charge is 2.06. The van der Waals surface area contributed by atoms with E-state index in [1.54, 1.807) is 12.4 Å². The SMILES string of the molecule is O=C(O)c1cc(C=Nc2ccccc2)nc(C=Nc2ccccc2)c1. The van der Waals surface area contributed by atoms with Gasteiger partial charge in [0.1, 0.15) is 0 Å². The minimum absolute atomic E-state index is 0.138. The molecule has 0 aliphatic rings. The van der Waals surface area contributed by atoms with E-state index >= 15 is 0 Å². The second-order valence-corrected chi connectivity index (χ2v) is 5.20. The van der Waals surface area contributed by atoms with Crippen LogP contribution in [-0.2, 0) is 0 Å². The molecule has 0 unspecified atom stereocenters. The number of para-hydroxylation sites is 2. The molecule has 122 valence electrons. The summed E-state index contributed by atoms with van der Waals surface area (Å²) < 4.78 is 0. The second-order valence-electron chi connectivity index (χ2n) is 5.20. The molecule has 1 heterocycles. The smallest absolute Gasteiger partial charge is 0.335 e. The van der Waals surface area contributed by atoms with Gasteiger partial charge in [-0.15, -0.1) is 0 Å². The topological polar surface area (TPSA) is 74.9 Å². The van der Waals surface area contributed by atoms with Crippen LogP contribution in [0.15, 0.2) is 82.8 Å². The molecule has 25 heavy (non-hydrogen) atoms. The molecular weight excluding hydrogens is 314 g/mol. The predicted octanol–water partition coefficient (Wildman–Crippen LogP) is 4.28. The van der Waals surface area contributed by atoms with Gasteiger partial charge in [-0.05, 0) is 36.4 Å². The van der Waals surface area contributed by atoms with E-state index in [9.17, 15) is 9.90 Å². The van der Waals surface area contributed by atoms with Gasteiger partial charge in [-0.2, -0.15) is 0 Å². The van der Waals surface area contributed by atoms with E-state index in [-0.39, 0.29) is 5.56 Å². The van der Waals surface area contributed by atoms with Gasteiger partial charge in [-0.1, -0.05) is 36.4 Å². The Kier molecular flexibility index (Phi) is 5.07. The van der Waals surface area contributed by atoms with Crippen LogP contribution in [0.3, 0.4) is 0 Å². The third-order valence-electron chi connectivity index (χ3n) is 3.32. The van der Waals surface area contributed by atoms with Gasteiger partial charge in [-0.25, -0.2) is 9.78 Å². The molecule has 5 nitrogen and oxygen atoms in total. The number of carboxylic acid groups (broad SMARTS) is 1. The average Bonchev–Trinajstić information content (AvgIpc) is 2.66. The summed E-state index contributed by atoms with van der Waals surface area (Å²) in [6, 6.07) is 21.7. The summed E-state index contributed by atoms with van der Waals surface area (Å²) in [5.74, 6) is -1.02. The maximum Gasteiger partial charge on any atom is 0.335 e. The van der Waals surface area contributed by atoms with Crippen molar-refractivity contribution >= 4 is 29.8 Å². The molecule has 3 rings (SSSR count). The van der Waals surface area contributed by atoms with Gasteiger partial charge in [0, 0.05) is 0 Å². The van der Waals surface area contributed by atoms with Crippen molar-refractivity contribution in [1.82, 2.24) is 4.98 Å². The first-order valence-electron chi connectivity index (χ1n) is 7.64. The Morgan fingerprint density at radius 3 is 1.64 bits per heavy atom. The van der Waals surface area contributed by atoms with Gasteiger partial charge in [-0.3, -0.25) is 9.98 Å². The fraction of sp³-hybridized carbons (Fsp3) is 0. The number of hydrogen-bond acceptors (Lipinski definition) is 4. The van der Waals surface area contributed by atoms with E-state index in [2.05, 4.69) is 15.0 Å². The Labute approximate surface area is 145 Å². The van der Waals surface area contributed by atoms with E-state index < -0.39 is 5.97 Å². The predicted molar refractivity (Wildman–Crippen MR) is 98.6 cm³/mol. The first kappa shape index (κ1) is 16.3. The quantitative estimate of drug-likeness (QED) is 0.710. The van der Waals surface area contributed by atoms with E-state index in [0.717, 1.165) is 11.4 Å². The van der Waals surface area contributed by atoms with Gasteiger partial charge in [0.05, 0.1) is 40.8 Å². The molecule has 2 aromatic carbocycles. The Morgan fingerprint density at radius 1 is 0.800 bits per heavy atom. The monoisotopic (exact) mass is 329 g/mol. The minimum Gasteiger partial charge on any atom is -0.478 e. The van der Waals surface area contributed by atoms with E-state index in [1.807, 2.05) is 60.7 Å². The van der Waals surface area contributed by atoms with Gasteiger partial charge < -0.3 is 5.11 Å². The van der Waals surface area contributed by atoms with Gasteiger partial charge in [0.2, 0.25) is 0 Å². The Morgan fingerprint density at radius 2 is 1.24 bits per heavy atom. The zero-order valence-electron chi connectivity index (χ0n) is 13.3. The zero-order valence-corrected chi connectivity index (χ0v) is 13.3. The summed E-state index contributed by atoms with van der Waals surface area (Å²) in [5.41, 5.74) is 2.59. The first-order chi connectivity index (χ1) is 12.2. The molecule has 1 aromatic heterocycles. The van der Waals surface area contributed by atoms with Crippen LogP contribution in [-0.4, -0.2) is 28.5 Å². The van der Waals surface area contributed by atoms with Crippen LogP contribution in [0.5, 0.6) is 0 Å². The average molecular weight is 329 g/mol. The first-order valence-corrected chi connectivity index (χ1v) is 7.64. The van der Waals surface area contributed by atoms with Crippen molar-refractivity contribution in [3.8, 4) is 0 Å². The van der Waals surface area contributed by atoms with E-state index in [1.165, 1.54) is 12.1 Å². The minimum atomic E-state index is -1.02. The third-order valence-corrected chi connectivity index (χ3v) is 3.32. The van der Waals surface area contributed by atoms with Gasteiger partial charge in [0.15, 0.2) is 0 Å². The number of benzene rings is 2. The lowest BCUT2D eigenvalue weighted by molar-refractivity contribution is 0.0696. The molecule has 0 fully saturated rings. The van der Waals surface area contributed by atoms with E-state index in [4.69, 9.17) is 0 Å².